The van der Waals surface area contributed by atoms with Crippen molar-refractivity contribution in [3.63, 3.8) is 0 Å². The Morgan fingerprint density at radius 1 is 1.30 bits per heavy atom. The van der Waals surface area contributed by atoms with Crippen molar-refractivity contribution in [1.82, 2.24) is 14.9 Å². The van der Waals surface area contributed by atoms with Gasteiger partial charge in [0.1, 0.15) is 17.5 Å². The highest BCUT2D eigenvalue weighted by Gasteiger charge is 2.22. The minimum absolute atomic E-state index is 0.566. The molecule has 1 saturated heterocycles. The van der Waals surface area contributed by atoms with Gasteiger partial charge in [0, 0.05) is 44.7 Å². The van der Waals surface area contributed by atoms with Gasteiger partial charge in [-0.2, -0.15) is 0 Å². The fraction of sp³-hybridized carbons (Fsp3) is 0.733. The molecule has 20 heavy (non-hydrogen) atoms. The summed E-state index contributed by atoms with van der Waals surface area (Å²) in [7, 11) is 2.19. The monoisotopic (exact) mass is 277 g/mol. The van der Waals surface area contributed by atoms with Crippen LogP contribution in [0, 0.1) is 0 Å². The first-order valence-corrected chi connectivity index (χ1v) is 7.71. The van der Waals surface area contributed by atoms with Crippen molar-refractivity contribution in [3.05, 3.63) is 11.9 Å². The molecular formula is C15H27N5. The van der Waals surface area contributed by atoms with Crippen LogP contribution in [0.25, 0.3) is 0 Å². The molecule has 0 aromatic carbocycles. The number of anilines is 2. The maximum absolute atomic E-state index is 4.74. The van der Waals surface area contributed by atoms with Crippen molar-refractivity contribution in [1.29, 1.82) is 0 Å². The molecule has 0 aliphatic carbocycles. The number of nitrogens with one attached hydrogen (secondary N) is 1. The second-order valence-electron chi connectivity index (χ2n) is 5.58. The third-order valence-corrected chi connectivity index (χ3v) is 3.87. The van der Waals surface area contributed by atoms with Crippen LogP contribution in [-0.4, -0.2) is 54.1 Å². The minimum atomic E-state index is 0.566. The van der Waals surface area contributed by atoms with Gasteiger partial charge in [0.05, 0.1) is 0 Å². The zero-order valence-corrected chi connectivity index (χ0v) is 13.2. The van der Waals surface area contributed by atoms with E-state index in [1.54, 1.807) is 0 Å². The van der Waals surface area contributed by atoms with E-state index >= 15 is 0 Å². The fourth-order valence-corrected chi connectivity index (χ4v) is 2.51. The molecule has 1 aliphatic heterocycles. The number of aryl methyl sites for hydroxylation is 1. The number of likely N-dealkylation sites (N-methyl/N-ethyl adjacent to an activating group) is 1. The normalized spacial score (nSPS) is 20.2. The predicted octanol–water partition coefficient (Wildman–Crippen LogP) is 2.00. The molecule has 0 amide bonds. The minimum Gasteiger partial charge on any atom is -0.370 e. The highest BCUT2D eigenvalue weighted by atomic mass is 15.3. The van der Waals surface area contributed by atoms with Gasteiger partial charge in [0.15, 0.2) is 0 Å². The van der Waals surface area contributed by atoms with Crippen molar-refractivity contribution in [3.8, 4) is 0 Å². The molecule has 1 unspecified atom stereocenters. The van der Waals surface area contributed by atoms with E-state index in [4.69, 9.17) is 4.98 Å². The number of nitrogens with zero attached hydrogens (tertiary/aromatic N) is 4. The predicted molar refractivity (Wildman–Crippen MR) is 84.5 cm³/mol. The van der Waals surface area contributed by atoms with Gasteiger partial charge in [0.2, 0.25) is 0 Å². The molecule has 0 saturated carbocycles. The Labute approximate surface area is 122 Å². The third kappa shape index (κ3) is 3.60. The van der Waals surface area contributed by atoms with Gasteiger partial charge >= 0.3 is 0 Å². The average molecular weight is 277 g/mol. The lowest BCUT2D eigenvalue weighted by molar-refractivity contribution is 0.233. The lowest BCUT2D eigenvalue weighted by Crippen LogP contribution is -2.50. The van der Waals surface area contributed by atoms with E-state index in [0.717, 1.165) is 56.5 Å². The molecule has 1 fully saturated rings. The average Bonchev–Trinajstić information content (AvgIpc) is 2.42. The molecule has 5 heteroatoms. The van der Waals surface area contributed by atoms with Gasteiger partial charge in [-0.25, -0.2) is 9.97 Å². The molecule has 112 valence electrons. The van der Waals surface area contributed by atoms with Crippen molar-refractivity contribution >= 4 is 11.6 Å². The molecular weight excluding hydrogens is 250 g/mol. The molecule has 0 spiro atoms. The summed E-state index contributed by atoms with van der Waals surface area (Å²) in [6, 6.07) is 2.65. The molecule has 2 rings (SSSR count). The third-order valence-electron chi connectivity index (χ3n) is 3.87. The van der Waals surface area contributed by atoms with E-state index in [0.29, 0.717) is 6.04 Å². The van der Waals surface area contributed by atoms with E-state index in [2.05, 4.69) is 54.0 Å². The number of rotatable bonds is 5. The molecule has 0 radical (unpaired) electrons. The lowest BCUT2D eigenvalue weighted by atomic mass is 10.2. The Morgan fingerprint density at radius 3 is 2.75 bits per heavy atom. The highest BCUT2D eigenvalue weighted by Crippen LogP contribution is 2.20. The number of aromatic nitrogens is 2. The Kier molecular flexibility index (Phi) is 5.17. The molecule has 1 atom stereocenters. The molecule has 5 nitrogen and oxygen atoms in total. The van der Waals surface area contributed by atoms with E-state index in [1.165, 1.54) is 0 Å². The van der Waals surface area contributed by atoms with Gasteiger partial charge in [-0.3, -0.25) is 0 Å². The number of hydrogen-bond acceptors (Lipinski definition) is 5. The molecule has 1 aromatic rings. The van der Waals surface area contributed by atoms with Crippen LogP contribution in [0.5, 0.6) is 0 Å². The largest absolute Gasteiger partial charge is 0.370 e. The molecule has 2 heterocycles. The standard InChI is InChI=1S/C15H27N5/c1-5-7-13-17-14(16-6-2)10-15(18-13)20-9-8-19(4)12(3)11-20/h10,12H,5-9,11H2,1-4H3,(H,16,17,18). The van der Waals surface area contributed by atoms with Crippen LogP contribution < -0.4 is 10.2 Å². The summed E-state index contributed by atoms with van der Waals surface area (Å²) in [6.45, 7) is 10.6. The summed E-state index contributed by atoms with van der Waals surface area (Å²) in [5.74, 6) is 2.97. The molecule has 1 aromatic heterocycles. The van der Waals surface area contributed by atoms with E-state index in [-0.39, 0.29) is 0 Å². The van der Waals surface area contributed by atoms with Crippen LogP contribution in [0.1, 0.15) is 33.0 Å². The summed E-state index contributed by atoms with van der Waals surface area (Å²) in [6.07, 6.45) is 2.02. The van der Waals surface area contributed by atoms with Gasteiger partial charge in [-0.1, -0.05) is 6.92 Å². The van der Waals surface area contributed by atoms with Crippen molar-refractivity contribution in [2.75, 3.05) is 43.4 Å². The first-order chi connectivity index (χ1) is 9.63. The SMILES string of the molecule is CCCc1nc(NCC)cc(N2CCN(C)C(C)C2)n1. The topological polar surface area (TPSA) is 44.3 Å². The van der Waals surface area contributed by atoms with Crippen LogP contribution in [0.15, 0.2) is 6.07 Å². The second kappa shape index (κ2) is 6.88. The summed E-state index contributed by atoms with van der Waals surface area (Å²) < 4.78 is 0. The molecule has 1 N–H and O–H groups in total. The van der Waals surface area contributed by atoms with Crippen molar-refractivity contribution < 1.29 is 0 Å². The zero-order valence-electron chi connectivity index (χ0n) is 13.2. The summed E-state index contributed by atoms with van der Waals surface area (Å²) in [5.41, 5.74) is 0. The highest BCUT2D eigenvalue weighted by molar-refractivity contribution is 5.50. The zero-order chi connectivity index (χ0) is 14.5. The first-order valence-electron chi connectivity index (χ1n) is 7.71. The Balaban J connectivity index is 2.20. The Hall–Kier alpha value is -1.36. The van der Waals surface area contributed by atoms with Crippen LogP contribution in [0.3, 0.4) is 0 Å². The Morgan fingerprint density at radius 2 is 2.10 bits per heavy atom. The van der Waals surface area contributed by atoms with E-state index in [9.17, 15) is 0 Å². The summed E-state index contributed by atoms with van der Waals surface area (Å²) in [4.78, 5) is 14.1. The quantitative estimate of drug-likeness (QED) is 0.892. The van der Waals surface area contributed by atoms with Crippen LogP contribution in [-0.2, 0) is 6.42 Å². The fourth-order valence-electron chi connectivity index (χ4n) is 2.51. The van der Waals surface area contributed by atoms with Gasteiger partial charge in [-0.05, 0) is 27.3 Å². The summed E-state index contributed by atoms with van der Waals surface area (Å²) >= 11 is 0. The molecule has 0 bridgehead atoms. The maximum atomic E-state index is 4.74. The lowest BCUT2D eigenvalue weighted by Gasteiger charge is -2.38. The van der Waals surface area contributed by atoms with Crippen LogP contribution in [0.4, 0.5) is 11.6 Å². The number of piperazine rings is 1. The smallest absolute Gasteiger partial charge is 0.134 e. The molecule has 1 aliphatic rings. The van der Waals surface area contributed by atoms with E-state index < -0.39 is 0 Å². The number of hydrogen-bond donors (Lipinski definition) is 1. The maximum Gasteiger partial charge on any atom is 0.134 e. The van der Waals surface area contributed by atoms with Gasteiger partial charge in [0.25, 0.3) is 0 Å². The second-order valence-corrected chi connectivity index (χ2v) is 5.58. The van der Waals surface area contributed by atoms with Crippen LogP contribution in [0.2, 0.25) is 0 Å². The van der Waals surface area contributed by atoms with Gasteiger partial charge in [-0.15, -0.1) is 0 Å². The van der Waals surface area contributed by atoms with Crippen molar-refractivity contribution in [2.24, 2.45) is 0 Å². The van der Waals surface area contributed by atoms with Crippen LogP contribution >= 0.6 is 0 Å². The van der Waals surface area contributed by atoms with Gasteiger partial charge < -0.3 is 15.1 Å². The van der Waals surface area contributed by atoms with E-state index in [1.807, 2.05) is 0 Å². The Bertz CT molecular complexity index is 410. The summed E-state index contributed by atoms with van der Waals surface area (Å²) in [5, 5.41) is 3.32. The first kappa shape index (κ1) is 15.0. The van der Waals surface area contributed by atoms with Crippen molar-refractivity contribution in [2.45, 2.75) is 39.7 Å².